The minimum absolute atomic E-state index is 0.122. The van der Waals surface area contributed by atoms with Crippen LogP contribution < -0.4 is 14.4 Å². The quantitative estimate of drug-likeness (QED) is 0.832. The largest absolute Gasteiger partial charge is 0.454 e. The van der Waals surface area contributed by atoms with E-state index in [1.54, 1.807) is 31.4 Å². The SMILES string of the molecule is CN(C(=O)c1ccc2c(c1)OCO2)c1nccs1. The first-order valence-electron chi connectivity index (χ1n) is 5.33. The molecule has 0 saturated carbocycles. The van der Waals surface area contributed by atoms with Crippen LogP contribution in [-0.4, -0.2) is 24.7 Å². The molecule has 0 bridgehead atoms. The highest BCUT2D eigenvalue weighted by atomic mass is 32.1. The smallest absolute Gasteiger partial charge is 0.259 e. The monoisotopic (exact) mass is 262 g/mol. The lowest BCUT2D eigenvalue weighted by molar-refractivity contribution is 0.0992. The second kappa shape index (κ2) is 4.30. The van der Waals surface area contributed by atoms with Gasteiger partial charge in [-0.25, -0.2) is 4.98 Å². The van der Waals surface area contributed by atoms with E-state index in [1.165, 1.54) is 16.2 Å². The van der Waals surface area contributed by atoms with Crippen molar-refractivity contribution in [1.82, 2.24) is 4.98 Å². The predicted molar refractivity (Wildman–Crippen MR) is 67.4 cm³/mol. The zero-order valence-corrected chi connectivity index (χ0v) is 10.4. The minimum Gasteiger partial charge on any atom is -0.454 e. The lowest BCUT2D eigenvalue weighted by Gasteiger charge is -2.13. The summed E-state index contributed by atoms with van der Waals surface area (Å²) in [5.74, 6) is 1.15. The molecule has 1 aliphatic heterocycles. The fourth-order valence-electron chi connectivity index (χ4n) is 1.69. The number of aromatic nitrogens is 1. The van der Waals surface area contributed by atoms with Crippen molar-refractivity contribution in [2.75, 3.05) is 18.7 Å². The number of hydrogen-bond acceptors (Lipinski definition) is 5. The molecule has 0 N–H and O–H groups in total. The Morgan fingerprint density at radius 2 is 2.22 bits per heavy atom. The Labute approximate surface area is 108 Å². The number of thiazole rings is 1. The van der Waals surface area contributed by atoms with E-state index in [9.17, 15) is 4.79 Å². The van der Waals surface area contributed by atoms with Crippen molar-refractivity contribution in [3.63, 3.8) is 0 Å². The number of ether oxygens (including phenoxy) is 2. The fourth-order valence-corrected chi connectivity index (χ4v) is 2.30. The van der Waals surface area contributed by atoms with Gasteiger partial charge in [0.2, 0.25) is 6.79 Å². The van der Waals surface area contributed by atoms with Crippen molar-refractivity contribution in [3.8, 4) is 11.5 Å². The lowest BCUT2D eigenvalue weighted by atomic mass is 10.2. The van der Waals surface area contributed by atoms with Gasteiger partial charge in [0.1, 0.15) is 0 Å². The lowest BCUT2D eigenvalue weighted by Crippen LogP contribution is -2.25. The Morgan fingerprint density at radius 1 is 1.39 bits per heavy atom. The van der Waals surface area contributed by atoms with Crippen molar-refractivity contribution in [2.24, 2.45) is 0 Å². The standard InChI is InChI=1S/C12H10N2O3S/c1-14(12-13-4-5-18-12)11(15)8-2-3-9-10(6-8)17-7-16-9/h2-6H,7H2,1H3. The van der Waals surface area contributed by atoms with E-state index in [1.807, 2.05) is 5.38 Å². The molecule has 92 valence electrons. The normalized spacial score (nSPS) is 12.5. The molecule has 2 heterocycles. The third kappa shape index (κ3) is 1.80. The molecule has 0 radical (unpaired) electrons. The van der Waals surface area contributed by atoms with Gasteiger partial charge in [0, 0.05) is 24.2 Å². The summed E-state index contributed by atoms with van der Waals surface area (Å²) in [5, 5.41) is 2.50. The van der Waals surface area contributed by atoms with Crippen molar-refractivity contribution in [1.29, 1.82) is 0 Å². The number of anilines is 1. The number of carbonyl (C=O) groups is 1. The van der Waals surface area contributed by atoms with Gasteiger partial charge in [-0.05, 0) is 18.2 Å². The molecule has 3 rings (SSSR count). The Morgan fingerprint density at radius 3 is 3.00 bits per heavy atom. The minimum atomic E-state index is -0.122. The Hall–Kier alpha value is -2.08. The molecule has 5 nitrogen and oxygen atoms in total. The van der Waals surface area contributed by atoms with E-state index in [-0.39, 0.29) is 12.7 Å². The molecule has 0 atom stereocenters. The zero-order valence-electron chi connectivity index (χ0n) is 9.62. The van der Waals surface area contributed by atoms with E-state index >= 15 is 0 Å². The highest BCUT2D eigenvalue weighted by molar-refractivity contribution is 7.13. The molecule has 1 aromatic carbocycles. The maximum absolute atomic E-state index is 12.2. The molecule has 6 heteroatoms. The molecule has 0 unspecified atom stereocenters. The molecule has 0 fully saturated rings. The van der Waals surface area contributed by atoms with Gasteiger partial charge in [-0.1, -0.05) is 0 Å². The van der Waals surface area contributed by atoms with Crippen molar-refractivity contribution in [3.05, 3.63) is 35.3 Å². The summed E-state index contributed by atoms with van der Waals surface area (Å²) in [5.41, 5.74) is 0.553. The molecule has 2 aromatic rings. The van der Waals surface area contributed by atoms with Gasteiger partial charge in [-0.2, -0.15) is 0 Å². The summed E-state index contributed by atoms with van der Waals surface area (Å²) in [6.07, 6.45) is 1.67. The predicted octanol–water partition coefficient (Wildman–Crippen LogP) is 2.15. The number of hydrogen-bond donors (Lipinski definition) is 0. The van der Waals surface area contributed by atoms with Crippen molar-refractivity contribution >= 4 is 22.4 Å². The van der Waals surface area contributed by atoms with Crippen LogP contribution in [0.2, 0.25) is 0 Å². The Balaban J connectivity index is 1.88. The maximum atomic E-state index is 12.2. The third-order valence-electron chi connectivity index (χ3n) is 2.63. The number of benzene rings is 1. The highest BCUT2D eigenvalue weighted by Gasteiger charge is 2.19. The number of amides is 1. The third-order valence-corrected chi connectivity index (χ3v) is 3.48. The van der Waals surface area contributed by atoms with Crippen molar-refractivity contribution < 1.29 is 14.3 Å². The highest BCUT2D eigenvalue weighted by Crippen LogP contribution is 2.33. The summed E-state index contributed by atoms with van der Waals surface area (Å²) in [7, 11) is 1.70. The number of nitrogens with zero attached hydrogens (tertiary/aromatic N) is 2. The van der Waals surface area contributed by atoms with Crippen LogP contribution in [-0.2, 0) is 0 Å². The second-order valence-corrected chi connectivity index (χ2v) is 4.62. The number of carbonyl (C=O) groups excluding carboxylic acids is 1. The van der Waals surface area contributed by atoms with Gasteiger partial charge in [0.25, 0.3) is 5.91 Å². The first-order valence-corrected chi connectivity index (χ1v) is 6.21. The zero-order chi connectivity index (χ0) is 12.5. The molecule has 0 aliphatic carbocycles. The number of fused-ring (bicyclic) bond motifs is 1. The summed E-state index contributed by atoms with van der Waals surface area (Å²) < 4.78 is 10.5. The van der Waals surface area contributed by atoms with Gasteiger partial charge < -0.3 is 9.47 Å². The van der Waals surface area contributed by atoms with E-state index in [2.05, 4.69) is 4.98 Å². The van der Waals surface area contributed by atoms with Crippen LogP contribution >= 0.6 is 11.3 Å². The van der Waals surface area contributed by atoms with Crippen LogP contribution in [0, 0.1) is 0 Å². The van der Waals surface area contributed by atoms with E-state index in [0.29, 0.717) is 22.2 Å². The van der Waals surface area contributed by atoms with Crippen LogP contribution in [0.3, 0.4) is 0 Å². The average molecular weight is 262 g/mol. The van der Waals surface area contributed by atoms with Gasteiger partial charge >= 0.3 is 0 Å². The summed E-state index contributed by atoms with van der Waals surface area (Å²) in [4.78, 5) is 17.9. The molecular weight excluding hydrogens is 252 g/mol. The Bertz CT molecular complexity index is 583. The summed E-state index contributed by atoms with van der Waals surface area (Å²) in [6.45, 7) is 0.204. The molecule has 1 aliphatic rings. The fraction of sp³-hybridized carbons (Fsp3) is 0.167. The molecule has 0 spiro atoms. The van der Waals surface area contributed by atoms with E-state index in [0.717, 1.165) is 0 Å². The molecule has 0 saturated heterocycles. The molecule has 1 aromatic heterocycles. The first-order chi connectivity index (χ1) is 8.75. The topological polar surface area (TPSA) is 51.7 Å². The molecule has 1 amide bonds. The van der Waals surface area contributed by atoms with Crippen LogP contribution in [0.15, 0.2) is 29.8 Å². The first kappa shape index (κ1) is 11.0. The maximum Gasteiger partial charge on any atom is 0.259 e. The summed E-state index contributed by atoms with van der Waals surface area (Å²) >= 11 is 1.42. The van der Waals surface area contributed by atoms with Crippen molar-refractivity contribution in [2.45, 2.75) is 0 Å². The molecular formula is C12H10N2O3S. The van der Waals surface area contributed by atoms with Crippen LogP contribution in [0.25, 0.3) is 0 Å². The van der Waals surface area contributed by atoms with Gasteiger partial charge in [0.15, 0.2) is 16.6 Å². The Kier molecular flexibility index (Phi) is 2.64. The second-order valence-electron chi connectivity index (χ2n) is 3.75. The van der Waals surface area contributed by atoms with Crippen LogP contribution in [0.4, 0.5) is 5.13 Å². The van der Waals surface area contributed by atoms with E-state index < -0.39 is 0 Å². The van der Waals surface area contributed by atoms with Crippen LogP contribution in [0.1, 0.15) is 10.4 Å². The van der Waals surface area contributed by atoms with Gasteiger partial charge in [-0.3, -0.25) is 9.69 Å². The van der Waals surface area contributed by atoms with Gasteiger partial charge in [0.05, 0.1) is 0 Å². The number of rotatable bonds is 2. The summed E-state index contributed by atoms with van der Waals surface area (Å²) in [6, 6.07) is 5.15. The van der Waals surface area contributed by atoms with Gasteiger partial charge in [-0.15, -0.1) is 11.3 Å². The molecule has 18 heavy (non-hydrogen) atoms. The average Bonchev–Trinajstić information content (AvgIpc) is 3.06. The van der Waals surface area contributed by atoms with Crippen LogP contribution in [0.5, 0.6) is 11.5 Å². The van der Waals surface area contributed by atoms with E-state index in [4.69, 9.17) is 9.47 Å².